The molecule has 1 fully saturated rings. The number of aliphatic imine (C=N–C) groups is 1. The van der Waals surface area contributed by atoms with Crippen molar-refractivity contribution in [3.05, 3.63) is 71.3 Å². The summed E-state index contributed by atoms with van der Waals surface area (Å²) in [6.45, 7) is 5.95. The lowest BCUT2D eigenvalue weighted by atomic mass is 10.1. The molecular weight excluding hydrogens is 527 g/mol. The first-order valence-corrected chi connectivity index (χ1v) is 11.7. The molecule has 0 saturated carbocycles. The largest absolute Gasteiger partial charge is 0.374 e. The van der Waals surface area contributed by atoms with Crippen LogP contribution in [-0.2, 0) is 11.3 Å². The fraction of sp³-hybridized carbons (Fsp3) is 0.462. The van der Waals surface area contributed by atoms with Gasteiger partial charge in [0.15, 0.2) is 5.96 Å². The molecule has 1 atom stereocenters. The van der Waals surface area contributed by atoms with Crippen molar-refractivity contribution in [3.63, 3.8) is 0 Å². The number of halogens is 1. The Hall–Kier alpha value is -2.13. The van der Waals surface area contributed by atoms with Gasteiger partial charge in [0.1, 0.15) is 0 Å². The molecule has 2 N–H and O–H groups in total. The van der Waals surface area contributed by atoms with Crippen LogP contribution in [0.1, 0.15) is 60.2 Å². The van der Waals surface area contributed by atoms with Crippen LogP contribution in [0.5, 0.6) is 0 Å². The van der Waals surface area contributed by atoms with E-state index in [4.69, 9.17) is 4.74 Å². The number of nitrogens with zero attached hydrogens (tertiary/aromatic N) is 2. The minimum Gasteiger partial charge on any atom is -0.374 e. The van der Waals surface area contributed by atoms with Crippen molar-refractivity contribution in [3.8, 4) is 0 Å². The predicted molar refractivity (Wildman–Crippen MR) is 145 cm³/mol. The summed E-state index contributed by atoms with van der Waals surface area (Å²) in [5.74, 6) is 0.903. The fourth-order valence-electron chi connectivity index (χ4n) is 3.81. The van der Waals surface area contributed by atoms with E-state index in [0.29, 0.717) is 13.2 Å². The normalized spacial score (nSPS) is 14.8. The quantitative estimate of drug-likeness (QED) is 0.200. The molecule has 0 bridgehead atoms. The molecule has 1 unspecified atom stereocenters. The van der Waals surface area contributed by atoms with Crippen LogP contribution in [0.25, 0.3) is 0 Å². The van der Waals surface area contributed by atoms with Gasteiger partial charge in [0, 0.05) is 45.4 Å². The van der Waals surface area contributed by atoms with Gasteiger partial charge >= 0.3 is 0 Å². The Morgan fingerprint density at radius 3 is 2.39 bits per heavy atom. The Balaban J connectivity index is 0.00000385. The van der Waals surface area contributed by atoms with E-state index in [2.05, 4.69) is 34.7 Å². The summed E-state index contributed by atoms with van der Waals surface area (Å²) in [4.78, 5) is 18.8. The zero-order valence-electron chi connectivity index (χ0n) is 19.8. The molecule has 0 aliphatic carbocycles. The van der Waals surface area contributed by atoms with Crippen molar-refractivity contribution in [1.29, 1.82) is 0 Å². The second-order valence-electron chi connectivity index (χ2n) is 8.18. The molecule has 180 valence electrons. The number of ether oxygens (including phenoxy) is 1. The van der Waals surface area contributed by atoms with Gasteiger partial charge in [-0.3, -0.25) is 9.79 Å². The molecule has 1 heterocycles. The second kappa shape index (κ2) is 14.9. The molecule has 1 saturated heterocycles. The molecular formula is C26H37IN4O2. The van der Waals surface area contributed by atoms with Crippen LogP contribution < -0.4 is 10.6 Å². The summed E-state index contributed by atoms with van der Waals surface area (Å²) < 4.78 is 5.92. The molecule has 1 aliphatic rings. The first-order valence-electron chi connectivity index (χ1n) is 11.7. The molecule has 2 aromatic carbocycles. The number of nitrogens with one attached hydrogen (secondary N) is 2. The summed E-state index contributed by atoms with van der Waals surface area (Å²) in [6, 6.07) is 18.1. The SMILES string of the molecule is CN=C(NCCCOC(C)c1ccccc1)NCc1ccc(C(=O)N2CCCCC2)cc1.I. The third-order valence-electron chi connectivity index (χ3n) is 5.78. The van der Waals surface area contributed by atoms with Gasteiger partial charge in [-0.2, -0.15) is 0 Å². The highest BCUT2D eigenvalue weighted by atomic mass is 127. The van der Waals surface area contributed by atoms with Crippen LogP contribution in [0.15, 0.2) is 59.6 Å². The van der Waals surface area contributed by atoms with Crippen molar-refractivity contribution in [1.82, 2.24) is 15.5 Å². The molecule has 7 heteroatoms. The van der Waals surface area contributed by atoms with E-state index >= 15 is 0 Å². The standard InChI is InChI=1S/C26H36N4O2.HI/c1-21(23-10-5-3-6-11-23)32-19-9-16-28-26(27-2)29-20-22-12-14-24(15-13-22)25(31)30-17-7-4-8-18-30;/h3,5-6,10-15,21H,4,7-9,16-20H2,1-2H3,(H2,27,28,29);1H. The maximum Gasteiger partial charge on any atom is 0.253 e. The Morgan fingerprint density at radius 2 is 1.73 bits per heavy atom. The monoisotopic (exact) mass is 564 g/mol. The predicted octanol–water partition coefficient (Wildman–Crippen LogP) is 4.76. The van der Waals surface area contributed by atoms with E-state index in [9.17, 15) is 4.79 Å². The highest BCUT2D eigenvalue weighted by Crippen LogP contribution is 2.16. The summed E-state index contributed by atoms with van der Waals surface area (Å²) in [6.07, 6.45) is 4.43. The lowest BCUT2D eigenvalue weighted by Crippen LogP contribution is -2.37. The number of piperidine rings is 1. The molecule has 2 aromatic rings. The lowest BCUT2D eigenvalue weighted by molar-refractivity contribution is 0.0646. The number of hydrogen-bond donors (Lipinski definition) is 2. The number of carbonyl (C=O) groups excluding carboxylic acids is 1. The average molecular weight is 565 g/mol. The number of rotatable bonds is 9. The smallest absolute Gasteiger partial charge is 0.253 e. The number of likely N-dealkylation sites (tertiary alicyclic amines) is 1. The highest BCUT2D eigenvalue weighted by Gasteiger charge is 2.17. The topological polar surface area (TPSA) is 66.0 Å². The van der Waals surface area contributed by atoms with Gasteiger partial charge in [-0.1, -0.05) is 42.5 Å². The second-order valence-corrected chi connectivity index (χ2v) is 8.18. The minimum absolute atomic E-state index is 0. The van der Waals surface area contributed by atoms with Crippen LogP contribution in [0, 0.1) is 0 Å². The summed E-state index contributed by atoms with van der Waals surface area (Å²) in [7, 11) is 1.77. The maximum absolute atomic E-state index is 12.6. The summed E-state index contributed by atoms with van der Waals surface area (Å²) in [5, 5.41) is 6.65. The third kappa shape index (κ3) is 8.97. The van der Waals surface area contributed by atoms with Crippen molar-refractivity contribution >= 4 is 35.8 Å². The van der Waals surface area contributed by atoms with Crippen molar-refractivity contribution in [2.75, 3.05) is 33.3 Å². The molecule has 6 nitrogen and oxygen atoms in total. The average Bonchev–Trinajstić information content (AvgIpc) is 2.86. The molecule has 1 amide bonds. The Morgan fingerprint density at radius 1 is 1.03 bits per heavy atom. The lowest BCUT2D eigenvalue weighted by Gasteiger charge is -2.26. The Labute approximate surface area is 215 Å². The van der Waals surface area contributed by atoms with Gasteiger partial charge in [-0.15, -0.1) is 24.0 Å². The third-order valence-corrected chi connectivity index (χ3v) is 5.78. The molecule has 0 spiro atoms. The van der Waals surface area contributed by atoms with E-state index in [1.54, 1.807) is 7.05 Å². The van der Waals surface area contributed by atoms with Gasteiger partial charge in [0.25, 0.3) is 5.91 Å². The first-order chi connectivity index (χ1) is 15.7. The van der Waals surface area contributed by atoms with Crippen LogP contribution in [-0.4, -0.2) is 50.1 Å². The van der Waals surface area contributed by atoms with E-state index in [-0.39, 0.29) is 36.0 Å². The van der Waals surface area contributed by atoms with Crippen LogP contribution in [0.3, 0.4) is 0 Å². The number of amides is 1. The molecule has 3 rings (SSSR count). The van der Waals surface area contributed by atoms with Crippen LogP contribution in [0.4, 0.5) is 0 Å². The maximum atomic E-state index is 12.6. The number of benzene rings is 2. The van der Waals surface area contributed by atoms with Crippen LogP contribution in [0.2, 0.25) is 0 Å². The van der Waals surface area contributed by atoms with Gasteiger partial charge in [-0.25, -0.2) is 0 Å². The van der Waals surface area contributed by atoms with Gasteiger partial charge in [-0.05, 0) is 55.9 Å². The molecule has 0 radical (unpaired) electrons. The highest BCUT2D eigenvalue weighted by molar-refractivity contribution is 14.0. The zero-order chi connectivity index (χ0) is 22.6. The van der Waals surface area contributed by atoms with Gasteiger partial charge in [0.05, 0.1) is 6.10 Å². The van der Waals surface area contributed by atoms with Gasteiger partial charge < -0.3 is 20.3 Å². The van der Waals surface area contributed by atoms with Crippen LogP contribution >= 0.6 is 24.0 Å². The van der Waals surface area contributed by atoms with Crippen molar-refractivity contribution in [2.24, 2.45) is 4.99 Å². The fourth-order valence-corrected chi connectivity index (χ4v) is 3.81. The van der Waals surface area contributed by atoms with Gasteiger partial charge in [0.2, 0.25) is 0 Å². The molecule has 1 aliphatic heterocycles. The van der Waals surface area contributed by atoms with E-state index < -0.39 is 0 Å². The number of hydrogen-bond acceptors (Lipinski definition) is 3. The summed E-state index contributed by atoms with van der Waals surface area (Å²) >= 11 is 0. The van der Waals surface area contributed by atoms with E-state index in [0.717, 1.165) is 56.0 Å². The Kier molecular flexibility index (Phi) is 12.2. The molecule has 33 heavy (non-hydrogen) atoms. The summed E-state index contributed by atoms with van der Waals surface area (Å²) in [5.41, 5.74) is 3.08. The molecule has 0 aromatic heterocycles. The minimum atomic E-state index is 0. The zero-order valence-corrected chi connectivity index (χ0v) is 22.1. The first kappa shape index (κ1) is 27.1. The number of carbonyl (C=O) groups is 1. The van der Waals surface area contributed by atoms with Crippen molar-refractivity contribution in [2.45, 2.75) is 45.3 Å². The van der Waals surface area contributed by atoms with Crippen molar-refractivity contribution < 1.29 is 9.53 Å². The Bertz CT molecular complexity index is 852. The van der Waals surface area contributed by atoms with E-state index in [1.807, 2.05) is 47.4 Å². The van der Waals surface area contributed by atoms with E-state index in [1.165, 1.54) is 12.0 Å². The number of guanidine groups is 1.